The summed E-state index contributed by atoms with van der Waals surface area (Å²) in [5, 5.41) is 12.0. The summed E-state index contributed by atoms with van der Waals surface area (Å²) in [6.45, 7) is 2.92. The highest BCUT2D eigenvalue weighted by Crippen LogP contribution is 2.31. The molecule has 1 aliphatic heterocycles. The normalized spacial score (nSPS) is 32.2. The number of likely N-dealkylation sites (tertiary alicyclic amines) is 1. The molecule has 1 saturated heterocycles. The van der Waals surface area contributed by atoms with Gasteiger partial charge in [-0.05, 0) is 51.6 Å². The summed E-state index contributed by atoms with van der Waals surface area (Å²) < 4.78 is 0. The molecule has 3 atom stereocenters. The maximum atomic E-state index is 12.0. The Morgan fingerprint density at radius 1 is 1.26 bits per heavy atom. The summed E-state index contributed by atoms with van der Waals surface area (Å²) >= 11 is 0. The Morgan fingerprint density at radius 2 is 2.00 bits per heavy atom. The highest BCUT2D eigenvalue weighted by Gasteiger charge is 2.33. The number of carbonyl (C=O) groups is 2. The Kier molecular flexibility index (Phi) is 4.80. The number of carboxylic acids is 1. The Balaban J connectivity index is 1.71. The van der Waals surface area contributed by atoms with Crippen molar-refractivity contribution in [3.8, 4) is 0 Å². The maximum Gasteiger partial charge on any atom is 0.306 e. The van der Waals surface area contributed by atoms with Crippen LogP contribution < -0.4 is 5.32 Å². The van der Waals surface area contributed by atoms with Gasteiger partial charge in [-0.3, -0.25) is 9.59 Å². The van der Waals surface area contributed by atoms with Crippen LogP contribution in [0.4, 0.5) is 0 Å². The highest BCUT2D eigenvalue weighted by atomic mass is 16.4. The van der Waals surface area contributed by atoms with E-state index in [4.69, 9.17) is 5.11 Å². The van der Waals surface area contributed by atoms with Gasteiger partial charge >= 0.3 is 5.97 Å². The molecule has 0 spiro atoms. The van der Waals surface area contributed by atoms with Crippen LogP contribution in [-0.2, 0) is 9.59 Å². The molecule has 5 heteroatoms. The van der Waals surface area contributed by atoms with E-state index in [0.29, 0.717) is 25.2 Å². The van der Waals surface area contributed by atoms with Gasteiger partial charge in [0.15, 0.2) is 0 Å². The summed E-state index contributed by atoms with van der Waals surface area (Å²) in [7, 11) is 2.11. The van der Waals surface area contributed by atoms with Crippen LogP contribution in [0, 0.1) is 17.8 Å². The molecule has 0 bridgehead atoms. The first-order valence-corrected chi connectivity index (χ1v) is 7.25. The number of nitrogens with one attached hydrogen (secondary N) is 1. The van der Waals surface area contributed by atoms with Crippen LogP contribution in [0.25, 0.3) is 0 Å². The Bertz CT molecular complexity index is 346. The van der Waals surface area contributed by atoms with Gasteiger partial charge in [0.2, 0.25) is 5.91 Å². The van der Waals surface area contributed by atoms with Gasteiger partial charge in [-0.15, -0.1) is 0 Å². The van der Waals surface area contributed by atoms with Crippen LogP contribution in [0.15, 0.2) is 0 Å². The van der Waals surface area contributed by atoms with Crippen LogP contribution in [0.2, 0.25) is 0 Å². The fourth-order valence-corrected chi connectivity index (χ4v) is 3.27. The van der Waals surface area contributed by atoms with Gasteiger partial charge in [0.25, 0.3) is 0 Å². The lowest BCUT2D eigenvalue weighted by Crippen LogP contribution is -2.40. The third kappa shape index (κ3) is 3.93. The number of hydrogen-bond donors (Lipinski definition) is 2. The molecule has 2 fully saturated rings. The quantitative estimate of drug-likeness (QED) is 0.796. The zero-order valence-corrected chi connectivity index (χ0v) is 11.6. The van der Waals surface area contributed by atoms with Gasteiger partial charge < -0.3 is 15.3 Å². The van der Waals surface area contributed by atoms with Gasteiger partial charge in [-0.25, -0.2) is 0 Å². The first kappa shape index (κ1) is 14.3. The number of carboxylic acid groups (broad SMARTS) is 1. The van der Waals surface area contributed by atoms with Gasteiger partial charge in [-0.2, -0.15) is 0 Å². The van der Waals surface area contributed by atoms with E-state index in [0.717, 1.165) is 19.6 Å². The third-order valence-electron chi connectivity index (χ3n) is 4.44. The van der Waals surface area contributed by atoms with Crippen LogP contribution >= 0.6 is 0 Å². The van der Waals surface area contributed by atoms with E-state index >= 15 is 0 Å². The molecule has 0 aromatic carbocycles. The Labute approximate surface area is 114 Å². The van der Waals surface area contributed by atoms with Gasteiger partial charge in [0.05, 0.1) is 5.92 Å². The van der Waals surface area contributed by atoms with Crippen LogP contribution in [0.5, 0.6) is 0 Å². The molecule has 5 nitrogen and oxygen atoms in total. The predicted octanol–water partition coefficient (Wildman–Crippen LogP) is 0.945. The molecule has 108 valence electrons. The second-order valence-corrected chi connectivity index (χ2v) is 6.06. The molecule has 1 amide bonds. The van der Waals surface area contributed by atoms with E-state index in [1.54, 1.807) is 0 Å². The van der Waals surface area contributed by atoms with Crippen molar-refractivity contribution in [3.63, 3.8) is 0 Å². The number of carbonyl (C=O) groups excluding carboxylic acids is 1. The Morgan fingerprint density at radius 3 is 2.63 bits per heavy atom. The zero-order valence-electron chi connectivity index (χ0n) is 11.6. The van der Waals surface area contributed by atoms with E-state index in [2.05, 4.69) is 17.3 Å². The largest absolute Gasteiger partial charge is 0.481 e. The topological polar surface area (TPSA) is 69.6 Å². The van der Waals surface area contributed by atoms with Crippen LogP contribution in [-0.4, -0.2) is 48.6 Å². The van der Waals surface area contributed by atoms with Crippen LogP contribution in [0.1, 0.15) is 32.1 Å². The lowest BCUT2D eigenvalue weighted by atomic mass is 9.98. The van der Waals surface area contributed by atoms with Crippen molar-refractivity contribution in [1.29, 1.82) is 0 Å². The molecule has 19 heavy (non-hydrogen) atoms. The maximum absolute atomic E-state index is 12.0. The highest BCUT2D eigenvalue weighted by molar-refractivity contribution is 5.80. The second kappa shape index (κ2) is 6.37. The summed E-state index contributed by atoms with van der Waals surface area (Å²) in [5.74, 6) is -0.584. The first-order chi connectivity index (χ1) is 9.06. The Hall–Kier alpha value is -1.10. The van der Waals surface area contributed by atoms with Gasteiger partial charge in [-0.1, -0.05) is 0 Å². The molecule has 2 aliphatic rings. The molecule has 0 aromatic heterocycles. The van der Waals surface area contributed by atoms with Crippen molar-refractivity contribution in [2.75, 3.05) is 26.7 Å². The minimum absolute atomic E-state index is 0.0528. The number of nitrogens with zero attached hydrogens (tertiary/aromatic N) is 1. The lowest BCUT2D eigenvalue weighted by molar-refractivity contribution is -0.141. The van der Waals surface area contributed by atoms with E-state index in [1.807, 2.05) is 0 Å². The number of rotatable bonds is 4. The van der Waals surface area contributed by atoms with E-state index in [-0.39, 0.29) is 17.7 Å². The molecule has 2 rings (SSSR count). The van der Waals surface area contributed by atoms with Crippen molar-refractivity contribution in [2.24, 2.45) is 17.8 Å². The molecule has 3 unspecified atom stereocenters. The van der Waals surface area contributed by atoms with E-state index in [9.17, 15) is 9.59 Å². The standard InChI is InChI=1S/C14H24N2O3/c1-16-6-2-3-10(9-16)8-15-13(17)11-4-5-12(7-11)14(18)19/h10-12H,2-9H2,1H3,(H,15,17)(H,18,19). The van der Waals surface area contributed by atoms with E-state index in [1.165, 1.54) is 12.8 Å². The third-order valence-corrected chi connectivity index (χ3v) is 4.44. The number of aliphatic carboxylic acids is 1. The molecular formula is C14H24N2O3. The number of amides is 1. The average molecular weight is 268 g/mol. The van der Waals surface area contributed by atoms with Crippen molar-refractivity contribution >= 4 is 11.9 Å². The molecule has 1 saturated carbocycles. The van der Waals surface area contributed by atoms with E-state index < -0.39 is 5.97 Å². The number of hydrogen-bond acceptors (Lipinski definition) is 3. The molecule has 0 aromatic rings. The SMILES string of the molecule is CN1CCCC(CNC(=O)C2CCC(C(=O)O)C2)C1. The van der Waals surface area contributed by atoms with Gasteiger partial charge in [0, 0.05) is 19.0 Å². The predicted molar refractivity (Wildman–Crippen MR) is 71.7 cm³/mol. The summed E-state index contributed by atoms with van der Waals surface area (Å²) in [5.41, 5.74) is 0. The van der Waals surface area contributed by atoms with Gasteiger partial charge in [0.1, 0.15) is 0 Å². The fourth-order valence-electron chi connectivity index (χ4n) is 3.27. The summed E-state index contributed by atoms with van der Waals surface area (Å²) in [6, 6.07) is 0. The molecular weight excluding hydrogens is 244 g/mol. The molecule has 1 heterocycles. The van der Waals surface area contributed by atoms with Crippen LogP contribution in [0.3, 0.4) is 0 Å². The van der Waals surface area contributed by atoms with Crippen molar-refractivity contribution in [1.82, 2.24) is 10.2 Å². The molecule has 2 N–H and O–H groups in total. The average Bonchev–Trinajstić information content (AvgIpc) is 2.86. The number of piperidine rings is 1. The fraction of sp³-hybridized carbons (Fsp3) is 0.857. The molecule has 1 aliphatic carbocycles. The summed E-state index contributed by atoms with van der Waals surface area (Å²) in [4.78, 5) is 25.2. The van der Waals surface area contributed by atoms with Crippen molar-refractivity contribution in [2.45, 2.75) is 32.1 Å². The second-order valence-electron chi connectivity index (χ2n) is 6.06. The lowest BCUT2D eigenvalue weighted by Gasteiger charge is -2.30. The monoisotopic (exact) mass is 268 g/mol. The van der Waals surface area contributed by atoms with Crippen molar-refractivity contribution < 1.29 is 14.7 Å². The first-order valence-electron chi connectivity index (χ1n) is 7.25. The van der Waals surface area contributed by atoms with Crippen molar-refractivity contribution in [3.05, 3.63) is 0 Å². The summed E-state index contributed by atoms with van der Waals surface area (Å²) in [6.07, 6.45) is 4.23. The smallest absolute Gasteiger partial charge is 0.306 e. The zero-order chi connectivity index (χ0) is 13.8. The minimum Gasteiger partial charge on any atom is -0.481 e. The molecule has 0 radical (unpaired) electrons. The minimum atomic E-state index is -0.760.